The molecular weight excluding hydrogens is 1180 g/mol. The van der Waals surface area contributed by atoms with Crippen molar-refractivity contribution in [3.05, 3.63) is 319 Å². The standard InChI is InChI=1S/C95H97N3/c1-6-9-12-15-16-20-32-73-43-45-74(46-44-73)75-47-53-84(54-48-75)98(87-60-63-90(72(5)68-87)89-62-59-86(67-71(89)4)96(80-35-21-17-22-36-80)81-37-23-18-24-38-81)85-57-51-77(52-58-85)79-34-31-33-78(69-79)76-49-55-83(56-50-76)97(82-39-25-19-26-40-82)88-61-64-92-91-41-27-28-42-93(91)95(94(92)70-88,65-29-13-10-7-2)66-30-14-11-8-3/h17-19,21-28,31,33-64,67-70H,6-16,20,29-30,32,65-66H2,1-5H3. The number of fused-ring (bicyclic) bond motifs is 3. The Morgan fingerprint density at radius 2 is 0.571 bits per heavy atom. The van der Waals surface area contributed by atoms with Gasteiger partial charge in [-0.3, -0.25) is 0 Å². The highest BCUT2D eigenvalue weighted by molar-refractivity contribution is 5.88. The van der Waals surface area contributed by atoms with Crippen LogP contribution in [-0.2, 0) is 11.8 Å². The summed E-state index contributed by atoms with van der Waals surface area (Å²) >= 11 is 0. The third-order valence-electron chi connectivity index (χ3n) is 20.7. The Labute approximate surface area is 586 Å². The number of unbranched alkanes of at least 4 members (excludes halogenated alkanes) is 11. The van der Waals surface area contributed by atoms with Gasteiger partial charge in [-0.15, -0.1) is 0 Å². The molecule has 1 aliphatic rings. The van der Waals surface area contributed by atoms with Crippen LogP contribution in [0.1, 0.15) is 151 Å². The van der Waals surface area contributed by atoms with Crippen LogP contribution in [0.5, 0.6) is 0 Å². The van der Waals surface area contributed by atoms with E-state index in [0.29, 0.717) is 0 Å². The van der Waals surface area contributed by atoms with Gasteiger partial charge in [-0.1, -0.05) is 280 Å². The van der Waals surface area contributed by atoms with Gasteiger partial charge in [0.2, 0.25) is 0 Å². The number of hydrogen-bond donors (Lipinski definition) is 0. The summed E-state index contributed by atoms with van der Waals surface area (Å²) in [6, 6.07) is 109. The van der Waals surface area contributed by atoms with Crippen LogP contribution in [0.3, 0.4) is 0 Å². The topological polar surface area (TPSA) is 9.72 Å². The zero-order valence-electron chi connectivity index (χ0n) is 58.6. The van der Waals surface area contributed by atoms with Crippen LogP contribution in [0, 0.1) is 13.8 Å². The molecule has 0 fully saturated rings. The first-order valence-corrected chi connectivity index (χ1v) is 36.8. The molecule has 13 rings (SSSR count). The first-order chi connectivity index (χ1) is 48.3. The number of rotatable bonds is 30. The predicted octanol–water partition coefficient (Wildman–Crippen LogP) is 28.5. The van der Waals surface area contributed by atoms with Crippen LogP contribution >= 0.6 is 0 Å². The van der Waals surface area contributed by atoms with Crippen LogP contribution in [0.25, 0.3) is 55.6 Å². The molecule has 0 radical (unpaired) electrons. The molecule has 0 N–H and O–H groups in total. The largest absolute Gasteiger partial charge is 0.310 e. The Morgan fingerprint density at radius 3 is 1.01 bits per heavy atom. The molecule has 0 amide bonds. The van der Waals surface area contributed by atoms with Gasteiger partial charge in [0.05, 0.1) is 0 Å². The summed E-state index contributed by atoms with van der Waals surface area (Å²) in [6.07, 6.45) is 21.6. The molecule has 492 valence electrons. The summed E-state index contributed by atoms with van der Waals surface area (Å²) < 4.78 is 0. The predicted molar refractivity (Wildman–Crippen MR) is 423 cm³/mol. The number of anilines is 9. The lowest BCUT2D eigenvalue weighted by atomic mass is 9.70. The van der Waals surface area contributed by atoms with E-state index in [4.69, 9.17) is 0 Å². The van der Waals surface area contributed by atoms with E-state index >= 15 is 0 Å². The van der Waals surface area contributed by atoms with Crippen LogP contribution in [0.15, 0.2) is 291 Å². The van der Waals surface area contributed by atoms with Crippen LogP contribution < -0.4 is 14.7 Å². The van der Waals surface area contributed by atoms with Crippen molar-refractivity contribution in [3.63, 3.8) is 0 Å². The molecule has 98 heavy (non-hydrogen) atoms. The smallest absolute Gasteiger partial charge is 0.0465 e. The van der Waals surface area contributed by atoms with Gasteiger partial charge in [-0.25, -0.2) is 0 Å². The lowest BCUT2D eigenvalue weighted by molar-refractivity contribution is 0.401. The number of para-hydroxylation sites is 3. The highest BCUT2D eigenvalue weighted by Gasteiger charge is 2.42. The number of nitrogens with zero attached hydrogens (tertiary/aromatic N) is 3. The van der Waals surface area contributed by atoms with Crippen molar-refractivity contribution in [3.8, 4) is 55.6 Å². The van der Waals surface area contributed by atoms with E-state index in [-0.39, 0.29) is 5.41 Å². The van der Waals surface area contributed by atoms with Gasteiger partial charge in [0.1, 0.15) is 0 Å². The van der Waals surface area contributed by atoms with Crippen LogP contribution in [-0.4, -0.2) is 0 Å². The molecule has 0 heterocycles. The monoisotopic (exact) mass is 1280 g/mol. The lowest BCUT2D eigenvalue weighted by Crippen LogP contribution is -2.26. The van der Waals surface area contributed by atoms with Crippen molar-refractivity contribution < 1.29 is 0 Å². The van der Waals surface area contributed by atoms with Crippen molar-refractivity contribution in [2.75, 3.05) is 14.7 Å². The van der Waals surface area contributed by atoms with Gasteiger partial charge in [0, 0.05) is 56.6 Å². The second kappa shape index (κ2) is 31.9. The highest BCUT2D eigenvalue weighted by atomic mass is 15.2. The van der Waals surface area contributed by atoms with Crippen molar-refractivity contribution in [1.82, 2.24) is 0 Å². The zero-order chi connectivity index (χ0) is 67.1. The van der Waals surface area contributed by atoms with Crippen LogP contribution in [0.2, 0.25) is 0 Å². The molecule has 1 aliphatic carbocycles. The Hall–Kier alpha value is -9.96. The maximum Gasteiger partial charge on any atom is 0.0465 e. The maximum absolute atomic E-state index is 2.57. The van der Waals surface area contributed by atoms with Gasteiger partial charge in [-0.05, 0) is 238 Å². The zero-order valence-corrected chi connectivity index (χ0v) is 58.6. The van der Waals surface area contributed by atoms with Gasteiger partial charge in [0.25, 0.3) is 0 Å². The molecule has 3 nitrogen and oxygen atoms in total. The average molecular weight is 1280 g/mol. The fourth-order valence-corrected chi connectivity index (χ4v) is 15.5. The Balaban J connectivity index is 0.790. The molecule has 0 bridgehead atoms. The van der Waals surface area contributed by atoms with Gasteiger partial charge >= 0.3 is 0 Å². The van der Waals surface area contributed by atoms with Crippen molar-refractivity contribution in [2.45, 2.75) is 149 Å². The normalized spacial score (nSPS) is 12.1. The van der Waals surface area contributed by atoms with Gasteiger partial charge in [0.15, 0.2) is 0 Å². The van der Waals surface area contributed by atoms with E-state index < -0.39 is 0 Å². The molecule has 12 aromatic rings. The summed E-state index contributed by atoms with van der Waals surface area (Å²) in [5, 5.41) is 0. The van der Waals surface area contributed by atoms with E-state index in [9.17, 15) is 0 Å². The van der Waals surface area contributed by atoms with Crippen molar-refractivity contribution in [1.29, 1.82) is 0 Å². The molecule has 3 heteroatoms. The third-order valence-corrected chi connectivity index (χ3v) is 20.7. The second-order valence-electron chi connectivity index (χ2n) is 27.4. The molecule has 0 spiro atoms. The third kappa shape index (κ3) is 14.9. The summed E-state index contributed by atoms with van der Waals surface area (Å²) in [5.41, 5.74) is 29.6. The lowest BCUT2D eigenvalue weighted by Gasteiger charge is -2.34. The van der Waals surface area contributed by atoms with E-state index in [1.54, 1.807) is 0 Å². The number of aryl methyl sites for hydroxylation is 3. The molecule has 0 atom stereocenters. The van der Waals surface area contributed by atoms with Crippen LogP contribution in [0.4, 0.5) is 51.2 Å². The molecule has 0 saturated heterocycles. The number of hydrogen-bond acceptors (Lipinski definition) is 3. The molecule has 0 aliphatic heterocycles. The fraction of sp³-hybridized carbons (Fsp3) is 0.242. The van der Waals surface area contributed by atoms with E-state index in [0.717, 1.165) is 51.9 Å². The first kappa shape index (κ1) is 66.6. The minimum Gasteiger partial charge on any atom is -0.310 e. The van der Waals surface area contributed by atoms with Crippen molar-refractivity contribution in [2.24, 2.45) is 0 Å². The Morgan fingerprint density at radius 1 is 0.235 bits per heavy atom. The van der Waals surface area contributed by atoms with Gasteiger partial charge in [-0.2, -0.15) is 0 Å². The maximum atomic E-state index is 2.57. The van der Waals surface area contributed by atoms with E-state index in [2.05, 4.69) is 341 Å². The second-order valence-corrected chi connectivity index (χ2v) is 27.4. The first-order valence-electron chi connectivity index (χ1n) is 36.8. The van der Waals surface area contributed by atoms with Gasteiger partial charge < -0.3 is 14.7 Å². The molecular formula is C95H97N3. The molecule has 0 unspecified atom stereocenters. The SMILES string of the molecule is CCCCCCCCc1ccc(-c2ccc(N(c3ccc(-c4cccc(-c5ccc(N(c6ccccc6)c6ccc7c(c6)C(CCCCCC)(CCCCCC)c6ccccc6-7)cc5)c4)cc3)c3ccc(-c4ccc(N(c5ccccc5)c5ccccc5)cc4C)c(C)c3)cc2)cc1. The molecule has 0 aromatic heterocycles. The number of benzene rings is 12. The summed E-state index contributed by atoms with van der Waals surface area (Å²) in [4.78, 5) is 7.23. The Kier molecular flexibility index (Phi) is 21.7. The minimum atomic E-state index is 0.00381. The average Bonchev–Trinajstić information content (AvgIpc) is 1.56. The summed E-state index contributed by atoms with van der Waals surface area (Å²) in [5.74, 6) is 0. The summed E-state index contributed by atoms with van der Waals surface area (Å²) in [6.45, 7) is 11.4. The Bertz CT molecular complexity index is 4460. The van der Waals surface area contributed by atoms with Crippen molar-refractivity contribution >= 4 is 51.2 Å². The molecule has 12 aromatic carbocycles. The quantitative estimate of drug-likeness (QED) is 0.0416. The van der Waals surface area contributed by atoms with E-state index in [1.807, 2.05) is 0 Å². The molecule has 0 saturated carbocycles. The fourth-order valence-electron chi connectivity index (χ4n) is 15.5. The van der Waals surface area contributed by atoms with E-state index in [1.165, 1.54) is 192 Å². The highest BCUT2D eigenvalue weighted by Crippen LogP contribution is 2.56. The minimum absolute atomic E-state index is 0.00381. The summed E-state index contributed by atoms with van der Waals surface area (Å²) in [7, 11) is 0.